The monoisotopic (exact) mass is 699 g/mol. The van der Waals surface area contributed by atoms with Gasteiger partial charge in [-0.2, -0.15) is 0 Å². The second-order valence-electron chi connectivity index (χ2n) is 12.1. The molecule has 1 unspecified atom stereocenters. The van der Waals surface area contributed by atoms with Crippen LogP contribution in [0.4, 0.5) is 0 Å². The molecule has 0 amide bonds. The van der Waals surface area contributed by atoms with E-state index in [2.05, 4.69) is 32.1 Å². The van der Waals surface area contributed by atoms with E-state index in [1.54, 1.807) is 6.08 Å². The molecule has 0 aliphatic carbocycles. The fraction of sp³-hybridized carbons (Fsp3) is 0.757. The molecule has 0 radical (unpaired) electrons. The normalized spacial score (nSPS) is 13.8. The molecule has 10 nitrogen and oxygen atoms in total. The van der Waals surface area contributed by atoms with Crippen LogP contribution in [0.25, 0.3) is 0 Å². The van der Waals surface area contributed by atoms with Crippen molar-refractivity contribution < 1.29 is 42.4 Å². The summed E-state index contributed by atoms with van der Waals surface area (Å²) in [4.78, 5) is 46.3. The van der Waals surface area contributed by atoms with Crippen LogP contribution in [0.5, 0.6) is 0 Å². The molecule has 0 saturated carbocycles. The van der Waals surface area contributed by atoms with Crippen molar-refractivity contribution in [1.29, 1.82) is 0 Å². The van der Waals surface area contributed by atoms with E-state index in [0.717, 1.165) is 89.9 Å². The summed E-state index contributed by atoms with van der Waals surface area (Å²) in [5.41, 5.74) is 5.32. The summed E-state index contributed by atoms with van der Waals surface area (Å²) in [5.74, 6) is -0.734. The fourth-order valence-corrected chi connectivity index (χ4v) is 5.42. The van der Waals surface area contributed by atoms with E-state index in [1.807, 2.05) is 12.2 Å². The molecule has 11 heteroatoms. The second-order valence-corrected chi connectivity index (χ2v) is 13.6. The van der Waals surface area contributed by atoms with Crippen molar-refractivity contribution in [2.24, 2.45) is 5.73 Å². The summed E-state index contributed by atoms with van der Waals surface area (Å²) in [5, 5.41) is 0. The third kappa shape index (κ3) is 32.4. The molecular weight excluding hydrogens is 633 g/mol. The Morgan fingerprint density at radius 2 is 1.23 bits per heavy atom. The van der Waals surface area contributed by atoms with Gasteiger partial charge in [-0.1, -0.05) is 108 Å². The minimum atomic E-state index is -4.39. The number of hydrogen-bond donors (Lipinski definition) is 2. The number of carbonyl (C=O) groups excluding carboxylic acids is 3. The molecule has 0 heterocycles. The lowest BCUT2D eigenvalue weighted by atomic mass is 10.1. The van der Waals surface area contributed by atoms with E-state index in [1.165, 1.54) is 12.8 Å². The van der Waals surface area contributed by atoms with Gasteiger partial charge in [0.25, 0.3) is 0 Å². The van der Waals surface area contributed by atoms with Crippen molar-refractivity contribution in [2.45, 2.75) is 155 Å². The van der Waals surface area contributed by atoms with E-state index in [-0.39, 0.29) is 38.4 Å². The number of carbonyl (C=O) groups is 3. The molecule has 0 aliphatic heterocycles. The molecule has 0 aromatic heterocycles. The van der Waals surface area contributed by atoms with Crippen molar-refractivity contribution in [3.63, 3.8) is 0 Å². The SMILES string of the molecule is CCCC/C=C\CCCCCCCC(=O)OC[C@H](COP(=O)(O)OCCN)OC(=O)CCCCCCC/C=C\C=C\C(=O)CCCCC. The van der Waals surface area contributed by atoms with Crippen molar-refractivity contribution >= 4 is 25.5 Å². The van der Waals surface area contributed by atoms with Gasteiger partial charge in [0.2, 0.25) is 0 Å². The summed E-state index contributed by atoms with van der Waals surface area (Å²) in [6.45, 7) is 3.44. The highest BCUT2D eigenvalue weighted by atomic mass is 31.2. The molecule has 0 rings (SSSR count). The highest BCUT2D eigenvalue weighted by molar-refractivity contribution is 7.47. The molecule has 0 spiro atoms. The molecule has 0 bridgehead atoms. The van der Waals surface area contributed by atoms with Crippen LogP contribution >= 0.6 is 7.82 Å². The van der Waals surface area contributed by atoms with Gasteiger partial charge >= 0.3 is 19.8 Å². The topological polar surface area (TPSA) is 151 Å². The van der Waals surface area contributed by atoms with Crippen LogP contribution in [0.15, 0.2) is 36.5 Å². The van der Waals surface area contributed by atoms with Crippen LogP contribution in [0, 0.1) is 0 Å². The zero-order valence-corrected chi connectivity index (χ0v) is 30.9. The molecule has 278 valence electrons. The summed E-state index contributed by atoms with van der Waals surface area (Å²) in [6, 6.07) is 0. The van der Waals surface area contributed by atoms with Crippen LogP contribution in [-0.4, -0.2) is 55.1 Å². The number of unbranched alkanes of at least 4 members (excludes halogenated alkanes) is 14. The fourth-order valence-electron chi connectivity index (χ4n) is 4.65. The maximum Gasteiger partial charge on any atom is 0.472 e. The third-order valence-corrected chi connectivity index (χ3v) is 8.46. The molecule has 2 atom stereocenters. The van der Waals surface area contributed by atoms with E-state index in [0.29, 0.717) is 19.3 Å². The number of ether oxygens (including phenoxy) is 2. The number of nitrogens with two attached hydrogens (primary N) is 1. The van der Waals surface area contributed by atoms with Gasteiger partial charge in [0.1, 0.15) is 6.61 Å². The predicted molar refractivity (Wildman–Crippen MR) is 192 cm³/mol. The minimum Gasteiger partial charge on any atom is -0.462 e. The van der Waals surface area contributed by atoms with Crippen LogP contribution in [0.1, 0.15) is 149 Å². The minimum absolute atomic E-state index is 0.0372. The Balaban J connectivity index is 4.33. The van der Waals surface area contributed by atoms with Gasteiger partial charge in [0, 0.05) is 25.8 Å². The lowest BCUT2D eigenvalue weighted by Gasteiger charge is -2.19. The number of allylic oxidation sites excluding steroid dienone is 6. The highest BCUT2D eigenvalue weighted by Crippen LogP contribution is 2.43. The van der Waals surface area contributed by atoms with Gasteiger partial charge in [-0.15, -0.1) is 0 Å². The van der Waals surface area contributed by atoms with E-state index < -0.39 is 32.5 Å². The third-order valence-electron chi connectivity index (χ3n) is 7.47. The lowest BCUT2D eigenvalue weighted by Crippen LogP contribution is -2.29. The average molecular weight is 700 g/mol. The molecule has 0 saturated heterocycles. The number of phosphoric ester groups is 1. The van der Waals surface area contributed by atoms with Crippen molar-refractivity contribution in [2.75, 3.05) is 26.4 Å². The smallest absolute Gasteiger partial charge is 0.462 e. The Kier molecular flexibility index (Phi) is 31.9. The van der Waals surface area contributed by atoms with E-state index in [4.69, 9.17) is 24.3 Å². The van der Waals surface area contributed by atoms with Crippen LogP contribution in [0.2, 0.25) is 0 Å². The Morgan fingerprint density at radius 1 is 0.667 bits per heavy atom. The Labute approximate surface area is 290 Å². The van der Waals surface area contributed by atoms with Crippen molar-refractivity contribution in [1.82, 2.24) is 0 Å². The van der Waals surface area contributed by atoms with Gasteiger partial charge in [-0.3, -0.25) is 23.4 Å². The first-order valence-electron chi connectivity index (χ1n) is 18.4. The number of esters is 2. The highest BCUT2D eigenvalue weighted by Gasteiger charge is 2.25. The largest absolute Gasteiger partial charge is 0.472 e. The standard InChI is InChI=1S/C37H66NO9P/c1-3-5-7-8-9-10-11-14-17-20-24-28-36(40)44-32-35(33-46-48(42,43)45-31-30-38)47-37(41)29-25-21-18-15-12-13-16-19-23-27-34(39)26-22-6-4-2/h8-9,16,19,23,27,35H,3-7,10-15,17-18,20-22,24-26,28-33,38H2,1-2H3,(H,42,43)/b9-8-,19-16-,27-23+/t35-/m1/s1. The first-order chi connectivity index (χ1) is 23.2. The molecule has 0 fully saturated rings. The second kappa shape index (κ2) is 33.4. The van der Waals surface area contributed by atoms with Gasteiger partial charge in [0.15, 0.2) is 11.9 Å². The quantitative estimate of drug-likeness (QED) is 0.0166. The number of ketones is 1. The van der Waals surface area contributed by atoms with Crippen LogP contribution in [-0.2, 0) is 37.5 Å². The van der Waals surface area contributed by atoms with Crippen LogP contribution < -0.4 is 5.73 Å². The van der Waals surface area contributed by atoms with Gasteiger partial charge in [0.05, 0.1) is 13.2 Å². The predicted octanol–water partition coefficient (Wildman–Crippen LogP) is 9.00. The molecule has 0 aromatic carbocycles. The van der Waals surface area contributed by atoms with Gasteiger partial charge in [-0.25, -0.2) is 4.57 Å². The zero-order valence-electron chi connectivity index (χ0n) is 30.0. The van der Waals surface area contributed by atoms with Crippen molar-refractivity contribution in [3.05, 3.63) is 36.5 Å². The first-order valence-corrected chi connectivity index (χ1v) is 19.9. The zero-order chi connectivity index (χ0) is 35.6. The van der Waals surface area contributed by atoms with Crippen molar-refractivity contribution in [3.8, 4) is 0 Å². The summed E-state index contributed by atoms with van der Waals surface area (Å²) < 4.78 is 32.5. The maximum atomic E-state index is 12.5. The Hall–Kier alpha value is -2.10. The Bertz CT molecular complexity index is 951. The molecule has 0 aromatic rings. The van der Waals surface area contributed by atoms with E-state index >= 15 is 0 Å². The number of hydrogen-bond acceptors (Lipinski definition) is 9. The Morgan fingerprint density at radius 3 is 1.88 bits per heavy atom. The maximum absolute atomic E-state index is 12.5. The molecule has 3 N–H and O–H groups in total. The summed E-state index contributed by atoms with van der Waals surface area (Å²) in [6.07, 6.45) is 30.2. The first kappa shape index (κ1) is 45.9. The molecule has 48 heavy (non-hydrogen) atoms. The summed E-state index contributed by atoms with van der Waals surface area (Å²) >= 11 is 0. The lowest BCUT2D eigenvalue weighted by molar-refractivity contribution is -0.161. The number of phosphoric acid groups is 1. The molecule has 0 aliphatic rings. The van der Waals surface area contributed by atoms with Gasteiger partial charge < -0.3 is 20.1 Å². The van der Waals surface area contributed by atoms with Gasteiger partial charge in [-0.05, 0) is 57.4 Å². The van der Waals surface area contributed by atoms with E-state index in [9.17, 15) is 23.8 Å². The average Bonchev–Trinajstić information content (AvgIpc) is 3.06. The van der Waals surface area contributed by atoms with Crippen LogP contribution in [0.3, 0.4) is 0 Å². The number of rotatable bonds is 34. The summed E-state index contributed by atoms with van der Waals surface area (Å²) in [7, 11) is -4.39. The molecular formula is C37H66NO9P.